The molecule has 2 atom stereocenters. The van der Waals surface area contributed by atoms with E-state index in [-0.39, 0.29) is 42.1 Å². The van der Waals surface area contributed by atoms with Crippen LogP contribution in [-0.2, 0) is 38.0 Å². The fourth-order valence-corrected chi connectivity index (χ4v) is 8.61. The first-order valence-corrected chi connectivity index (χ1v) is 24.7. The SMILES string of the molecule is CN(CCCCCCNCCCCCC(=O)Nc1ccn(C2CSC(COC(=O)CCCCCNCCCCCCNCc3ccccc3C(F)(F)F)O2)c(=O)n1)c1ccccc1C(F)(F)F. The van der Waals surface area contributed by atoms with Crippen molar-refractivity contribution in [2.75, 3.05) is 68.9 Å². The number of halogens is 6. The number of esters is 1. The minimum atomic E-state index is -4.37. The number of hydrogen-bond acceptors (Lipinski definition) is 11. The predicted octanol–water partition coefficient (Wildman–Crippen LogP) is 9.70. The first kappa shape index (κ1) is 55.4. The van der Waals surface area contributed by atoms with Gasteiger partial charge in [0, 0.05) is 50.6 Å². The molecule has 67 heavy (non-hydrogen) atoms. The van der Waals surface area contributed by atoms with E-state index in [1.807, 2.05) is 0 Å². The molecule has 1 saturated heterocycles. The molecule has 1 fully saturated rings. The number of carbonyl (C=O) groups is 2. The lowest BCUT2D eigenvalue weighted by atomic mass is 10.1. The summed E-state index contributed by atoms with van der Waals surface area (Å²) in [5, 5.41) is 12.6. The van der Waals surface area contributed by atoms with E-state index in [0.29, 0.717) is 44.5 Å². The Morgan fingerprint density at radius 2 is 1.28 bits per heavy atom. The number of ether oxygens (including phenoxy) is 2. The van der Waals surface area contributed by atoms with Gasteiger partial charge in [-0.1, -0.05) is 68.9 Å². The minimum absolute atomic E-state index is 0.0754. The Morgan fingerprint density at radius 1 is 0.731 bits per heavy atom. The molecule has 1 aromatic heterocycles. The van der Waals surface area contributed by atoms with Crippen LogP contribution in [0.25, 0.3) is 0 Å². The summed E-state index contributed by atoms with van der Waals surface area (Å²) in [4.78, 5) is 43.3. The fourth-order valence-electron chi connectivity index (χ4n) is 7.62. The Morgan fingerprint density at radius 3 is 1.91 bits per heavy atom. The number of benzene rings is 2. The molecule has 0 aliphatic carbocycles. The molecule has 4 N–H and O–H groups in total. The molecule has 1 aliphatic rings. The maximum Gasteiger partial charge on any atom is 0.418 e. The summed E-state index contributed by atoms with van der Waals surface area (Å²) in [6.07, 6.45) is 5.55. The summed E-state index contributed by atoms with van der Waals surface area (Å²) in [6, 6.07) is 12.9. The molecule has 0 bridgehead atoms. The van der Waals surface area contributed by atoms with E-state index in [9.17, 15) is 40.7 Å². The molecule has 3 aromatic rings. The number of carbonyl (C=O) groups excluding carboxylic acids is 2. The van der Waals surface area contributed by atoms with Crippen LogP contribution in [0.4, 0.5) is 37.8 Å². The third kappa shape index (κ3) is 21.8. The predicted molar refractivity (Wildman–Crippen MR) is 252 cm³/mol. The normalized spacial score (nSPS) is 15.2. The second kappa shape index (κ2) is 30.3. The van der Waals surface area contributed by atoms with Crippen LogP contribution in [-0.4, -0.2) is 85.5 Å². The molecule has 1 amide bonds. The van der Waals surface area contributed by atoms with Gasteiger partial charge in [-0.2, -0.15) is 31.3 Å². The number of nitrogens with one attached hydrogen (secondary N) is 4. The highest BCUT2D eigenvalue weighted by atomic mass is 32.2. The lowest BCUT2D eigenvalue weighted by Gasteiger charge is -2.23. The number of aromatic nitrogens is 2. The minimum Gasteiger partial charge on any atom is -0.462 e. The van der Waals surface area contributed by atoms with Crippen molar-refractivity contribution < 1.29 is 45.4 Å². The lowest BCUT2D eigenvalue weighted by molar-refractivity contribution is -0.147. The van der Waals surface area contributed by atoms with Crippen LogP contribution in [0, 0.1) is 0 Å². The standard InChI is InChI=1S/C48H69F6N7O5S/c1-60(40-23-13-12-22-39(40)48(52,53)54)32-19-5-4-15-28-56-29-17-6-8-24-42(62)58-41-26-33-61(46(64)59-41)43-36-67-45(66-43)35-65-44(63)25-9-7-18-30-55-27-14-2-3-16-31-57-34-37-20-10-11-21-38(37)47(49,50)51/h10-13,20-23,26,33,43,45,55-57H,2-9,14-19,24-25,27-32,34-36H2,1H3,(H,58,59,62,64). The fraction of sp³-hybridized carbons (Fsp3) is 0.625. The molecule has 2 heterocycles. The van der Waals surface area contributed by atoms with Crippen LogP contribution < -0.4 is 31.9 Å². The smallest absolute Gasteiger partial charge is 0.418 e. The quantitative estimate of drug-likeness (QED) is 0.0264. The van der Waals surface area contributed by atoms with Gasteiger partial charge in [-0.15, -0.1) is 11.8 Å². The summed E-state index contributed by atoms with van der Waals surface area (Å²) in [6.45, 7) is 4.95. The van der Waals surface area contributed by atoms with E-state index in [4.69, 9.17) is 9.47 Å². The summed E-state index contributed by atoms with van der Waals surface area (Å²) in [5.74, 6) is 0.132. The van der Waals surface area contributed by atoms with Crippen molar-refractivity contribution in [3.8, 4) is 0 Å². The van der Waals surface area contributed by atoms with E-state index in [0.717, 1.165) is 115 Å². The number of para-hydroxylation sites is 1. The summed E-state index contributed by atoms with van der Waals surface area (Å²) >= 11 is 1.45. The number of rotatable bonds is 33. The molecule has 0 saturated carbocycles. The van der Waals surface area contributed by atoms with Gasteiger partial charge in [0.1, 0.15) is 24.1 Å². The van der Waals surface area contributed by atoms with Crippen LogP contribution in [0.1, 0.15) is 126 Å². The van der Waals surface area contributed by atoms with Gasteiger partial charge in [0.25, 0.3) is 0 Å². The van der Waals surface area contributed by atoms with Crippen molar-refractivity contribution in [3.05, 3.63) is 88.0 Å². The van der Waals surface area contributed by atoms with Gasteiger partial charge < -0.3 is 35.6 Å². The molecular weight excluding hydrogens is 901 g/mol. The summed E-state index contributed by atoms with van der Waals surface area (Å²) in [7, 11) is 1.69. The molecular formula is C48H69F6N7O5S. The van der Waals surface area contributed by atoms with Crippen LogP contribution >= 0.6 is 11.8 Å². The summed E-state index contributed by atoms with van der Waals surface area (Å²) < 4.78 is 92.0. The van der Waals surface area contributed by atoms with Crippen molar-refractivity contribution in [1.82, 2.24) is 25.5 Å². The van der Waals surface area contributed by atoms with E-state index in [1.54, 1.807) is 30.1 Å². The molecule has 19 heteroatoms. The zero-order chi connectivity index (χ0) is 48.3. The highest BCUT2D eigenvalue weighted by Gasteiger charge is 2.34. The maximum atomic E-state index is 13.3. The topological polar surface area (TPSA) is 139 Å². The number of hydrogen-bond donors (Lipinski definition) is 4. The Hall–Kier alpha value is -4.17. The molecule has 2 aromatic carbocycles. The van der Waals surface area contributed by atoms with Crippen molar-refractivity contribution >= 4 is 35.1 Å². The van der Waals surface area contributed by atoms with Crippen LogP contribution in [0.3, 0.4) is 0 Å². The Bertz CT molecular complexity index is 1960. The number of nitrogens with zero attached hydrogens (tertiary/aromatic N) is 3. The van der Waals surface area contributed by atoms with Gasteiger partial charge in [0.2, 0.25) is 5.91 Å². The van der Waals surface area contributed by atoms with Gasteiger partial charge in [-0.25, -0.2) is 4.79 Å². The van der Waals surface area contributed by atoms with E-state index < -0.39 is 40.8 Å². The first-order valence-electron chi connectivity index (χ1n) is 23.7. The van der Waals surface area contributed by atoms with E-state index >= 15 is 0 Å². The Balaban J connectivity index is 0.926. The molecule has 12 nitrogen and oxygen atoms in total. The van der Waals surface area contributed by atoms with Crippen molar-refractivity contribution in [2.24, 2.45) is 0 Å². The molecule has 2 unspecified atom stereocenters. The van der Waals surface area contributed by atoms with Gasteiger partial charge in [-0.3, -0.25) is 14.2 Å². The zero-order valence-corrected chi connectivity index (χ0v) is 39.5. The van der Waals surface area contributed by atoms with E-state index in [2.05, 4.69) is 26.3 Å². The monoisotopic (exact) mass is 969 g/mol. The van der Waals surface area contributed by atoms with Gasteiger partial charge in [0.15, 0.2) is 0 Å². The molecule has 374 valence electrons. The number of amides is 1. The third-order valence-corrected chi connectivity index (χ3v) is 12.4. The number of thioether (sulfide) groups is 1. The highest BCUT2D eigenvalue weighted by molar-refractivity contribution is 8.00. The average molecular weight is 970 g/mol. The Labute approximate surface area is 395 Å². The second-order valence-corrected chi connectivity index (χ2v) is 18.0. The number of unbranched alkanes of at least 4 members (excludes halogenated alkanes) is 10. The zero-order valence-electron chi connectivity index (χ0n) is 38.7. The molecule has 0 spiro atoms. The second-order valence-electron chi connectivity index (χ2n) is 16.8. The van der Waals surface area contributed by atoms with E-state index in [1.165, 1.54) is 46.8 Å². The first-order chi connectivity index (χ1) is 32.2. The molecule has 4 rings (SSSR count). The molecule has 1 aliphatic heterocycles. The van der Waals surface area contributed by atoms with Crippen molar-refractivity contribution in [2.45, 2.75) is 133 Å². The third-order valence-electron chi connectivity index (χ3n) is 11.3. The van der Waals surface area contributed by atoms with Gasteiger partial charge in [0.05, 0.1) is 11.1 Å². The van der Waals surface area contributed by atoms with Crippen molar-refractivity contribution in [1.29, 1.82) is 0 Å². The summed E-state index contributed by atoms with van der Waals surface area (Å²) in [5.41, 5.74) is -1.70. The van der Waals surface area contributed by atoms with Crippen LogP contribution in [0.5, 0.6) is 0 Å². The lowest BCUT2D eigenvalue weighted by Crippen LogP contribution is -2.29. The number of anilines is 2. The van der Waals surface area contributed by atoms with Crippen LogP contribution in [0.2, 0.25) is 0 Å². The average Bonchev–Trinajstić information content (AvgIpc) is 3.77. The van der Waals surface area contributed by atoms with Gasteiger partial charge >= 0.3 is 24.0 Å². The largest absolute Gasteiger partial charge is 0.462 e. The van der Waals surface area contributed by atoms with Crippen LogP contribution in [0.15, 0.2) is 65.6 Å². The highest BCUT2D eigenvalue weighted by Crippen LogP contribution is 2.36. The van der Waals surface area contributed by atoms with Gasteiger partial charge in [-0.05, 0) is 114 Å². The number of alkyl halides is 6. The molecule has 0 radical (unpaired) electrons. The Kier molecular flexibility index (Phi) is 25.1. The van der Waals surface area contributed by atoms with Crippen molar-refractivity contribution in [3.63, 3.8) is 0 Å². The maximum absolute atomic E-state index is 13.3.